The minimum Gasteiger partial charge on any atom is -0.497 e. The molecule has 0 aliphatic carbocycles. The van der Waals surface area contributed by atoms with Crippen LogP contribution in [0, 0.1) is 6.92 Å². The molecule has 3 rings (SSSR count). The predicted octanol–water partition coefficient (Wildman–Crippen LogP) is 3.28. The number of methoxy groups -OCH3 is 1. The SMILES string of the molecule is COc1cccc(CCC(=O)N2CCN(Cc3ccccc3C)CC2)c1. The summed E-state index contributed by atoms with van der Waals surface area (Å²) in [6.45, 7) is 6.66. The topological polar surface area (TPSA) is 32.8 Å². The number of aryl methyl sites for hydroxylation is 2. The Morgan fingerprint density at radius 1 is 1.04 bits per heavy atom. The van der Waals surface area contributed by atoms with Gasteiger partial charge in [0, 0.05) is 39.1 Å². The first-order valence-corrected chi connectivity index (χ1v) is 9.33. The summed E-state index contributed by atoms with van der Waals surface area (Å²) in [5, 5.41) is 0. The van der Waals surface area contributed by atoms with Crippen molar-refractivity contribution in [3.8, 4) is 5.75 Å². The molecule has 0 spiro atoms. The number of ether oxygens (including phenoxy) is 1. The molecule has 2 aromatic rings. The van der Waals surface area contributed by atoms with Gasteiger partial charge in [0.25, 0.3) is 0 Å². The zero-order valence-electron chi connectivity index (χ0n) is 15.8. The van der Waals surface area contributed by atoms with Gasteiger partial charge in [0.1, 0.15) is 5.75 Å². The van der Waals surface area contributed by atoms with E-state index in [1.165, 1.54) is 11.1 Å². The van der Waals surface area contributed by atoms with Gasteiger partial charge < -0.3 is 9.64 Å². The highest BCUT2D eigenvalue weighted by Gasteiger charge is 2.21. The number of amides is 1. The van der Waals surface area contributed by atoms with Crippen molar-refractivity contribution in [1.29, 1.82) is 0 Å². The van der Waals surface area contributed by atoms with Crippen LogP contribution in [0.3, 0.4) is 0 Å². The van der Waals surface area contributed by atoms with Crippen molar-refractivity contribution in [2.45, 2.75) is 26.3 Å². The van der Waals surface area contributed by atoms with E-state index < -0.39 is 0 Å². The summed E-state index contributed by atoms with van der Waals surface area (Å²) in [4.78, 5) is 17.0. The number of nitrogens with zero attached hydrogens (tertiary/aromatic N) is 2. The number of hydrogen-bond acceptors (Lipinski definition) is 3. The maximum atomic E-state index is 12.5. The maximum absolute atomic E-state index is 12.5. The highest BCUT2D eigenvalue weighted by molar-refractivity contribution is 5.76. The Balaban J connectivity index is 1.45. The van der Waals surface area contributed by atoms with Gasteiger partial charge in [-0.15, -0.1) is 0 Å². The zero-order valence-corrected chi connectivity index (χ0v) is 15.8. The molecule has 0 aromatic heterocycles. The summed E-state index contributed by atoms with van der Waals surface area (Å²) in [6, 6.07) is 16.5. The lowest BCUT2D eigenvalue weighted by Gasteiger charge is -2.35. The van der Waals surface area contributed by atoms with E-state index in [-0.39, 0.29) is 5.91 Å². The zero-order chi connectivity index (χ0) is 18.4. The van der Waals surface area contributed by atoms with E-state index in [2.05, 4.69) is 42.2 Å². The Morgan fingerprint density at radius 2 is 1.81 bits per heavy atom. The summed E-state index contributed by atoms with van der Waals surface area (Å²) in [5.74, 6) is 1.10. The fourth-order valence-electron chi connectivity index (χ4n) is 3.42. The van der Waals surface area contributed by atoms with Crippen molar-refractivity contribution in [3.05, 3.63) is 65.2 Å². The van der Waals surface area contributed by atoms with Gasteiger partial charge in [-0.25, -0.2) is 0 Å². The molecule has 0 radical (unpaired) electrons. The second-order valence-electron chi connectivity index (χ2n) is 6.93. The van der Waals surface area contributed by atoms with Crippen molar-refractivity contribution in [2.75, 3.05) is 33.3 Å². The summed E-state index contributed by atoms with van der Waals surface area (Å²) >= 11 is 0. The Morgan fingerprint density at radius 3 is 2.54 bits per heavy atom. The van der Waals surface area contributed by atoms with Gasteiger partial charge in [-0.05, 0) is 42.2 Å². The van der Waals surface area contributed by atoms with Gasteiger partial charge in [-0.2, -0.15) is 0 Å². The van der Waals surface area contributed by atoms with Crippen molar-refractivity contribution in [1.82, 2.24) is 9.80 Å². The Labute approximate surface area is 156 Å². The van der Waals surface area contributed by atoms with Gasteiger partial charge >= 0.3 is 0 Å². The first kappa shape index (κ1) is 18.5. The summed E-state index contributed by atoms with van der Waals surface area (Å²) < 4.78 is 5.25. The number of carbonyl (C=O) groups is 1. The van der Waals surface area contributed by atoms with Crippen molar-refractivity contribution < 1.29 is 9.53 Å². The number of carbonyl (C=O) groups excluding carboxylic acids is 1. The van der Waals surface area contributed by atoms with E-state index in [9.17, 15) is 4.79 Å². The highest BCUT2D eigenvalue weighted by atomic mass is 16.5. The van der Waals surface area contributed by atoms with E-state index in [0.29, 0.717) is 6.42 Å². The number of hydrogen-bond donors (Lipinski definition) is 0. The minimum atomic E-state index is 0.253. The van der Waals surface area contributed by atoms with Crippen LogP contribution in [-0.2, 0) is 17.8 Å². The van der Waals surface area contributed by atoms with E-state index in [1.54, 1.807) is 7.11 Å². The molecule has 0 bridgehead atoms. The van der Waals surface area contributed by atoms with Crippen molar-refractivity contribution in [3.63, 3.8) is 0 Å². The molecule has 138 valence electrons. The molecular formula is C22H28N2O2. The van der Waals surface area contributed by atoms with Crippen LogP contribution in [0.1, 0.15) is 23.1 Å². The largest absolute Gasteiger partial charge is 0.497 e. The number of piperazine rings is 1. The van der Waals surface area contributed by atoms with E-state index in [0.717, 1.165) is 50.5 Å². The number of rotatable bonds is 6. The van der Waals surface area contributed by atoms with Crippen LogP contribution in [-0.4, -0.2) is 49.0 Å². The Kier molecular flexibility index (Phi) is 6.29. The van der Waals surface area contributed by atoms with Crippen molar-refractivity contribution >= 4 is 5.91 Å². The maximum Gasteiger partial charge on any atom is 0.222 e. The standard InChI is InChI=1S/C22H28N2O2/c1-18-6-3-4-8-20(18)17-23-12-14-24(15-13-23)22(25)11-10-19-7-5-9-21(16-19)26-2/h3-9,16H,10-15,17H2,1-2H3. The molecule has 4 nitrogen and oxygen atoms in total. The molecule has 0 atom stereocenters. The summed E-state index contributed by atoms with van der Waals surface area (Å²) in [5.41, 5.74) is 3.87. The third kappa shape index (κ3) is 4.85. The van der Waals surface area contributed by atoms with Crippen molar-refractivity contribution in [2.24, 2.45) is 0 Å². The predicted molar refractivity (Wildman–Crippen MR) is 104 cm³/mol. The third-order valence-corrected chi connectivity index (χ3v) is 5.14. The molecule has 1 aliphatic heterocycles. The molecular weight excluding hydrogens is 324 g/mol. The molecule has 4 heteroatoms. The van der Waals surface area contributed by atoms with E-state index in [1.807, 2.05) is 23.1 Å². The van der Waals surface area contributed by atoms with Crippen LogP contribution >= 0.6 is 0 Å². The monoisotopic (exact) mass is 352 g/mol. The average Bonchev–Trinajstić information content (AvgIpc) is 2.68. The van der Waals surface area contributed by atoms with Crippen LogP contribution in [0.2, 0.25) is 0 Å². The molecule has 0 unspecified atom stereocenters. The first-order chi connectivity index (χ1) is 12.7. The van der Waals surface area contributed by atoms with Gasteiger partial charge in [-0.1, -0.05) is 36.4 Å². The molecule has 1 aliphatic rings. The molecule has 1 heterocycles. The second-order valence-corrected chi connectivity index (χ2v) is 6.93. The van der Waals surface area contributed by atoms with Gasteiger partial charge in [-0.3, -0.25) is 9.69 Å². The lowest BCUT2D eigenvalue weighted by Crippen LogP contribution is -2.48. The molecule has 0 saturated carbocycles. The summed E-state index contributed by atoms with van der Waals surface area (Å²) in [6.07, 6.45) is 1.32. The van der Waals surface area contributed by atoms with E-state index in [4.69, 9.17) is 4.74 Å². The molecule has 1 saturated heterocycles. The fourth-order valence-corrected chi connectivity index (χ4v) is 3.42. The van der Waals surface area contributed by atoms with Gasteiger partial charge in [0.2, 0.25) is 5.91 Å². The highest BCUT2D eigenvalue weighted by Crippen LogP contribution is 2.16. The second kappa shape index (κ2) is 8.86. The van der Waals surface area contributed by atoms with Crippen LogP contribution in [0.15, 0.2) is 48.5 Å². The molecule has 26 heavy (non-hydrogen) atoms. The average molecular weight is 352 g/mol. The first-order valence-electron chi connectivity index (χ1n) is 9.33. The number of benzene rings is 2. The lowest BCUT2D eigenvalue weighted by atomic mass is 10.1. The summed E-state index contributed by atoms with van der Waals surface area (Å²) in [7, 11) is 1.67. The quantitative estimate of drug-likeness (QED) is 0.800. The fraction of sp³-hybridized carbons (Fsp3) is 0.409. The van der Waals surface area contributed by atoms with Gasteiger partial charge in [0.05, 0.1) is 7.11 Å². The minimum absolute atomic E-state index is 0.253. The van der Waals surface area contributed by atoms with Gasteiger partial charge in [0.15, 0.2) is 0 Å². The lowest BCUT2D eigenvalue weighted by molar-refractivity contribution is -0.133. The van der Waals surface area contributed by atoms with Crippen LogP contribution in [0.4, 0.5) is 0 Å². The smallest absolute Gasteiger partial charge is 0.222 e. The molecule has 0 N–H and O–H groups in total. The Hall–Kier alpha value is -2.33. The van der Waals surface area contributed by atoms with Crippen LogP contribution in [0.5, 0.6) is 5.75 Å². The third-order valence-electron chi connectivity index (χ3n) is 5.14. The van der Waals surface area contributed by atoms with E-state index >= 15 is 0 Å². The van der Waals surface area contributed by atoms with Crippen LogP contribution < -0.4 is 4.74 Å². The normalized spacial score (nSPS) is 15.1. The molecule has 1 fully saturated rings. The molecule has 2 aromatic carbocycles. The molecule has 1 amide bonds. The van der Waals surface area contributed by atoms with Crippen LogP contribution in [0.25, 0.3) is 0 Å². The Bertz CT molecular complexity index is 736.